The third-order valence-electron chi connectivity index (χ3n) is 4.62. The van der Waals surface area contributed by atoms with Gasteiger partial charge in [0, 0.05) is 43.1 Å². The summed E-state index contributed by atoms with van der Waals surface area (Å²) in [7, 11) is 5.28. The van der Waals surface area contributed by atoms with Crippen molar-refractivity contribution in [1.29, 1.82) is 0 Å². The predicted molar refractivity (Wildman–Crippen MR) is 121 cm³/mol. The van der Waals surface area contributed by atoms with Gasteiger partial charge in [-0.05, 0) is 0 Å². The number of amides is 2. The van der Waals surface area contributed by atoms with Gasteiger partial charge in [0.05, 0.1) is 21.1 Å². The largest absolute Gasteiger partial charge is 0.550 e. The molecule has 0 aliphatic carbocycles. The molecule has 0 bridgehead atoms. The molecule has 1 saturated heterocycles. The van der Waals surface area contributed by atoms with Gasteiger partial charge in [-0.3, -0.25) is 14.4 Å². The number of carbonyl (C=O) groups is 6. The number of ether oxygens (including phenoxy) is 3. The van der Waals surface area contributed by atoms with E-state index in [4.69, 9.17) is 14.2 Å². The number of esters is 1. The number of carboxylic acids is 1. The van der Waals surface area contributed by atoms with E-state index in [9.17, 15) is 33.9 Å². The SMILES string of the molecule is CC1(C)COC(=O)C(=O)SCCNC(=O)CCNC(=O)[C@@H]1OC(=O)O[C@H](CC(=O)[O-])C[N+](C)(C)C. The van der Waals surface area contributed by atoms with Crippen LogP contribution in [0.2, 0.25) is 0 Å². The molecule has 2 N–H and O–H groups in total. The van der Waals surface area contributed by atoms with Crippen molar-refractivity contribution in [2.45, 2.75) is 38.9 Å². The molecule has 0 aromatic heterocycles. The van der Waals surface area contributed by atoms with Crippen LogP contribution >= 0.6 is 11.8 Å². The summed E-state index contributed by atoms with van der Waals surface area (Å²) in [5.41, 5.74) is -1.32. The summed E-state index contributed by atoms with van der Waals surface area (Å²) < 4.78 is 15.7. The Morgan fingerprint density at radius 2 is 1.83 bits per heavy atom. The quantitative estimate of drug-likeness (QED) is 0.230. The van der Waals surface area contributed by atoms with Crippen molar-refractivity contribution in [1.82, 2.24) is 10.6 Å². The van der Waals surface area contributed by atoms with Crippen LogP contribution in [0.25, 0.3) is 0 Å². The van der Waals surface area contributed by atoms with E-state index in [0.717, 1.165) is 0 Å². The van der Waals surface area contributed by atoms with Gasteiger partial charge >= 0.3 is 12.1 Å². The van der Waals surface area contributed by atoms with Gasteiger partial charge < -0.3 is 39.2 Å². The molecule has 1 rings (SSSR count). The number of cyclic esters (lactones) is 1. The Morgan fingerprint density at radius 3 is 2.43 bits per heavy atom. The Balaban J connectivity index is 3.06. The molecule has 2 atom stereocenters. The Labute approximate surface area is 207 Å². The Kier molecular flexibility index (Phi) is 11.4. The molecule has 1 fully saturated rings. The number of nitrogens with zero attached hydrogens (tertiary/aromatic N) is 1. The van der Waals surface area contributed by atoms with E-state index in [-0.39, 0.29) is 36.3 Å². The molecule has 1 heterocycles. The lowest BCUT2D eigenvalue weighted by molar-refractivity contribution is -0.873. The monoisotopic (exact) mass is 519 g/mol. The number of aliphatic carboxylic acids is 1. The van der Waals surface area contributed by atoms with Gasteiger partial charge in [0.1, 0.15) is 13.2 Å². The number of hydrogen-bond donors (Lipinski definition) is 2. The first-order valence-corrected chi connectivity index (χ1v) is 11.8. The van der Waals surface area contributed by atoms with Crippen molar-refractivity contribution in [2.24, 2.45) is 5.41 Å². The lowest BCUT2D eigenvalue weighted by atomic mass is 9.86. The van der Waals surface area contributed by atoms with Gasteiger partial charge in [0.25, 0.3) is 11.0 Å². The molecule has 0 aromatic carbocycles. The fourth-order valence-electron chi connectivity index (χ4n) is 3.03. The van der Waals surface area contributed by atoms with Crippen molar-refractivity contribution in [2.75, 3.05) is 53.1 Å². The molecule has 35 heavy (non-hydrogen) atoms. The highest BCUT2D eigenvalue weighted by atomic mass is 32.2. The number of quaternary nitrogens is 1. The standard InChI is InChI=1S/C21H33N3O10S/c1-21(2)12-32-18(29)19(30)35-9-8-22-14(25)6-7-23-17(28)16(21)34-20(31)33-13(10-15(26)27)11-24(3,4)5/h13,16H,6-12H2,1-5H3,(H2-,22,23,25,26,27,28)/t13-,16+/m1/s1. The number of likely N-dealkylation sites (N-methyl/N-ethyl adjacent to an activating group) is 1. The van der Waals surface area contributed by atoms with Gasteiger partial charge in [0.2, 0.25) is 5.91 Å². The van der Waals surface area contributed by atoms with Crippen LogP contribution in [-0.4, -0.2) is 105 Å². The van der Waals surface area contributed by atoms with Crippen LogP contribution in [0.5, 0.6) is 0 Å². The van der Waals surface area contributed by atoms with E-state index in [0.29, 0.717) is 11.8 Å². The fourth-order valence-corrected chi connectivity index (χ4v) is 3.59. The number of rotatable bonds is 6. The minimum absolute atomic E-state index is 0.0731. The van der Waals surface area contributed by atoms with E-state index in [1.165, 1.54) is 13.8 Å². The van der Waals surface area contributed by atoms with Crippen molar-refractivity contribution >= 4 is 46.8 Å². The molecule has 0 aromatic rings. The molecule has 0 radical (unpaired) electrons. The maximum atomic E-state index is 12.9. The molecule has 2 amide bonds. The molecule has 198 valence electrons. The molecule has 0 spiro atoms. The third-order valence-corrected chi connectivity index (χ3v) is 5.46. The molecular weight excluding hydrogens is 486 g/mol. The summed E-state index contributed by atoms with van der Waals surface area (Å²) in [5.74, 6) is -3.61. The number of carboxylic acid groups (broad SMARTS) is 1. The second-order valence-corrected chi connectivity index (χ2v) is 10.7. The zero-order valence-electron chi connectivity index (χ0n) is 20.5. The van der Waals surface area contributed by atoms with E-state index in [2.05, 4.69) is 10.6 Å². The summed E-state index contributed by atoms with van der Waals surface area (Å²) in [6.45, 7) is 2.66. The molecule has 14 heteroatoms. The second-order valence-electron chi connectivity index (χ2n) is 9.63. The normalized spacial score (nSPS) is 21.3. The molecule has 1 aliphatic rings. The minimum atomic E-state index is -1.56. The Hall–Kier alpha value is -2.87. The van der Waals surface area contributed by atoms with Gasteiger partial charge in [-0.25, -0.2) is 9.59 Å². The molecule has 13 nitrogen and oxygen atoms in total. The van der Waals surface area contributed by atoms with Gasteiger partial charge in [0.15, 0.2) is 12.2 Å². The maximum absolute atomic E-state index is 12.9. The molecule has 0 saturated carbocycles. The van der Waals surface area contributed by atoms with E-state index in [1.54, 1.807) is 21.1 Å². The highest BCUT2D eigenvalue weighted by molar-refractivity contribution is 8.15. The number of thioether (sulfide) groups is 1. The minimum Gasteiger partial charge on any atom is -0.550 e. The van der Waals surface area contributed by atoms with Crippen LogP contribution < -0.4 is 15.7 Å². The first kappa shape index (κ1) is 30.2. The predicted octanol–water partition coefficient (Wildman–Crippen LogP) is -1.81. The molecule has 0 unspecified atom stereocenters. The summed E-state index contributed by atoms with van der Waals surface area (Å²) in [4.78, 5) is 72.3. The first-order chi connectivity index (χ1) is 16.1. The third kappa shape index (κ3) is 11.9. The van der Waals surface area contributed by atoms with Crippen LogP contribution in [0.4, 0.5) is 4.79 Å². The zero-order valence-corrected chi connectivity index (χ0v) is 21.4. The van der Waals surface area contributed by atoms with Gasteiger partial charge in [-0.2, -0.15) is 0 Å². The number of hydrogen-bond acceptors (Lipinski definition) is 11. The van der Waals surface area contributed by atoms with Crippen molar-refractivity contribution < 1.29 is 52.6 Å². The zero-order chi connectivity index (χ0) is 26.8. The van der Waals surface area contributed by atoms with Crippen LogP contribution in [-0.2, 0) is 38.2 Å². The van der Waals surface area contributed by atoms with Crippen molar-refractivity contribution in [3.8, 4) is 0 Å². The van der Waals surface area contributed by atoms with E-state index >= 15 is 0 Å². The summed E-state index contributed by atoms with van der Waals surface area (Å²) in [6, 6.07) is 0. The van der Waals surface area contributed by atoms with Crippen LogP contribution in [0.3, 0.4) is 0 Å². The van der Waals surface area contributed by atoms with E-state index < -0.39 is 65.7 Å². The second kappa shape index (κ2) is 13.3. The van der Waals surface area contributed by atoms with Crippen molar-refractivity contribution in [3.05, 3.63) is 0 Å². The van der Waals surface area contributed by atoms with Crippen LogP contribution in [0.1, 0.15) is 26.7 Å². The smallest absolute Gasteiger partial charge is 0.509 e. The van der Waals surface area contributed by atoms with Gasteiger partial charge in [-0.15, -0.1) is 0 Å². The van der Waals surface area contributed by atoms with Crippen LogP contribution in [0, 0.1) is 5.41 Å². The molecular formula is C21H33N3O10S. The van der Waals surface area contributed by atoms with Gasteiger partial charge in [-0.1, -0.05) is 25.6 Å². The maximum Gasteiger partial charge on any atom is 0.509 e. The molecule has 1 aliphatic heterocycles. The van der Waals surface area contributed by atoms with E-state index in [1.807, 2.05) is 0 Å². The lowest BCUT2D eigenvalue weighted by Crippen LogP contribution is -2.50. The lowest BCUT2D eigenvalue weighted by Gasteiger charge is -2.33. The highest BCUT2D eigenvalue weighted by Gasteiger charge is 2.41. The van der Waals surface area contributed by atoms with Crippen LogP contribution in [0.15, 0.2) is 0 Å². The Morgan fingerprint density at radius 1 is 1.17 bits per heavy atom. The first-order valence-electron chi connectivity index (χ1n) is 10.9. The fraction of sp³-hybridized carbons (Fsp3) is 0.714. The topological polar surface area (TPSA) is 177 Å². The Bertz CT molecular complexity index is 825. The summed E-state index contributed by atoms with van der Waals surface area (Å²) in [6.07, 6.45) is -4.64. The summed E-state index contributed by atoms with van der Waals surface area (Å²) in [5, 5.41) is 15.2. The number of carbonyl (C=O) groups excluding carboxylic acids is 6. The number of nitrogens with one attached hydrogen (secondary N) is 2. The average molecular weight is 520 g/mol. The summed E-state index contributed by atoms with van der Waals surface area (Å²) >= 11 is 0.676. The average Bonchev–Trinajstić information content (AvgIpc) is 2.70. The highest BCUT2D eigenvalue weighted by Crippen LogP contribution is 2.26. The van der Waals surface area contributed by atoms with Crippen molar-refractivity contribution in [3.63, 3.8) is 0 Å².